The van der Waals surface area contributed by atoms with E-state index < -0.39 is 5.82 Å². The summed E-state index contributed by atoms with van der Waals surface area (Å²) in [4.78, 5) is 14.6. The molecule has 2 nitrogen and oxygen atoms in total. The standard InChI is InChI=1S/C16H16FNOS/c1-10-5-6-14(17)13(7-10)16(19)18-9-12-8-11-3-2-4-15(11)20-12/h5-8H,2-4,9H2,1H3,(H,18,19). The third-order valence-corrected chi connectivity index (χ3v) is 4.82. The van der Waals surface area contributed by atoms with Crippen molar-refractivity contribution >= 4 is 17.2 Å². The molecule has 1 aromatic carbocycles. The molecular weight excluding hydrogens is 273 g/mol. The number of amides is 1. The number of rotatable bonds is 3. The van der Waals surface area contributed by atoms with Gasteiger partial charge in [-0.2, -0.15) is 0 Å². The molecule has 0 unspecified atom stereocenters. The summed E-state index contributed by atoms with van der Waals surface area (Å²) < 4.78 is 13.6. The Morgan fingerprint density at radius 2 is 2.20 bits per heavy atom. The average molecular weight is 289 g/mol. The van der Waals surface area contributed by atoms with Crippen molar-refractivity contribution in [2.24, 2.45) is 0 Å². The van der Waals surface area contributed by atoms with Crippen LogP contribution in [0.5, 0.6) is 0 Å². The Bertz CT molecular complexity index is 641. The molecule has 104 valence electrons. The van der Waals surface area contributed by atoms with Crippen LogP contribution in [0.2, 0.25) is 0 Å². The second-order valence-electron chi connectivity index (χ2n) is 5.18. The topological polar surface area (TPSA) is 29.1 Å². The molecule has 2 aromatic rings. The molecule has 0 saturated carbocycles. The maximum atomic E-state index is 13.6. The van der Waals surface area contributed by atoms with Crippen molar-refractivity contribution in [3.63, 3.8) is 0 Å². The van der Waals surface area contributed by atoms with Gasteiger partial charge in [-0.05, 0) is 49.9 Å². The fourth-order valence-corrected chi connectivity index (χ4v) is 3.75. The number of aryl methyl sites for hydroxylation is 3. The van der Waals surface area contributed by atoms with E-state index in [-0.39, 0.29) is 11.5 Å². The van der Waals surface area contributed by atoms with E-state index in [0.29, 0.717) is 6.54 Å². The van der Waals surface area contributed by atoms with Gasteiger partial charge in [-0.1, -0.05) is 11.6 Å². The van der Waals surface area contributed by atoms with Gasteiger partial charge in [0.25, 0.3) is 5.91 Å². The molecule has 1 amide bonds. The summed E-state index contributed by atoms with van der Waals surface area (Å²) in [6.45, 7) is 2.32. The van der Waals surface area contributed by atoms with Crippen LogP contribution in [0.1, 0.15) is 37.7 Å². The maximum absolute atomic E-state index is 13.6. The van der Waals surface area contributed by atoms with Crippen LogP contribution in [0.3, 0.4) is 0 Å². The zero-order chi connectivity index (χ0) is 14.1. The molecule has 3 rings (SSSR count). The van der Waals surface area contributed by atoms with Crippen molar-refractivity contribution in [3.8, 4) is 0 Å². The summed E-state index contributed by atoms with van der Waals surface area (Å²) in [6.07, 6.45) is 3.54. The van der Waals surface area contributed by atoms with E-state index in [4.69, 9.17) is 0 Å². The Kier molecular flexibility index (Phi) is 3.57. The third kappa shape index (κ3) is 2.61. The number of halogens is 1. The highest BCUT2D eigenvalue weighted by molar-refractivity contribution is 7.12. The molecule has 0 saturated heterocycles. The van der Waals surface area contributed by atoms with Crippen molar-refractivity contribution in [2.45, 2.75) is 32.7 Å². The molecule has 0 fully saturated rings. The number of thiophene rings is 1. The van der Waals surface area contributed by atoms with Gasteiger partial charge in [-0.3, -0.25) is 4.79 Å². The number of nitrogens with one attached hydrogen (secondary N) is 1. The van der Waals surface area contributed by atoms with Gasteiger partial charge in [0.15, 0.2) is 0 Å². The molecule has 4 heteroatoms. The van der Waals surface area contributed by atoms with E-state index in [0.717, 1.165) is 23.3 Å². The van der Waals surface area contributed by atoms with E-state index in [1.54, 1.807) is 23.5 Å². The largest absolute Gasteiger partial charge is 0.347 e. The first-order valence-corrected chi connectivity index (χ1v) is 7.60. The van der Waals surface area contributed by atoms with Crippen molar-refractivity contribution in [2.75, 3.05) is 0 Å². The highest BCUT2D eigenvalue weighted by atomic mass is 32.1. The first-order valence-electron chi connectivity index (χ1n) is 6.78. The molecule has 0 atom stereocenters. The molecule has 0 spiro atoms. The van der Waals surface area contributed by atoms with Crippen molar-refractivity contribution in [1.82, 2.24) is 5.32 Å². The number of hydrogen-bond acceptors (Lipinski definition) is 2. The Hall–Kier alpha value is -1.68. The number of carbonyl (C=O) groups excluding carboxylic acids is 1. The number of fused-ring (bicyclic) bond motifs is 1. The molecule has 0 radical (unpaired) electrons. The Morgan fingerprint density at radius 3 is 3.00 bits per heavy atom. The normalized spacial score (nSPS) is 13.3. The van der Waals surface area contributed by atoms with Crippen LogP contribution in [0.25, 0.3) is 0 Å². The lowest BCUT2D eigenvalue weighted by atomic mass is 10.1. The molecule has 1 aliphatic rings. The van der Waals surface area contributed by atoms with Crippen LogP contribution < -0.4 is 5.32 Å². The smallest absolute Gasteiger partial charge is 0.254 e. The molecule has 1 N–H and O–H groups in total. The Balaban J connectivity index is 1.68. The first kappa shape index (κ1) is 13.3. The van der Waals surface area contributed by atoms with Crippen LogP contribution in [0.15, 0.2) is 24.3 Å². The van der Waals surface area contributed by atoms with E-state index in [2.05, 4.69) is 11.4 Å². The summed E-state index contributed by atoms with van der Waals surface area (Å²) in [6, 6.07) is 6.75. The maximum Gasteiger partial charge on any atom is 0.254 e. The van der Waals surface area contributed by atoms with Crippen LogP contribution in [0.4, 0.5) is 4.39 Å². The highest BCUT2D eigenvalue weighted by Crippen LogP contribution is 2.30. The number of hydrogen-bond donors (Lipinski definition) is 1. The summed E-state index contributed by atoms with van der Waals surface area (Å²) in [5.41, 5.74) is 2.42. The van der Waals surface area contributed by atoms with Gasteiger partial charge in [0.1, 0.15) is 5.82 Å². The fraction of sp³-hybridized carbons (Fsp3) is 0.312. The molecular formula is C16H16FNOS. The zero-order valence-electron chi connectivity index (χ0n) is 11.3. The van der Waals surface area contributed by atoms with E-state index >= 15 is 0 Å². The summed E-state index contributed by atoms with van der Waals surface area (Å²) in [5, 5.41) is 2.80. The molecule has 0 bridgehead atoms. The molecule has 20 heavy (non-hydrogen) atoms. The lowest BCUT2D eigenvalue weighted by Gasteiger charge is -2.06. The zero-order valence-corrected chi connectivity index (χ0v) is 12.1. The van der Waals surface area contributed by atoms with Gasteiger partial charge >= 0.3 is 0 Å². The second-order valence-corrected chi connectivity index (χ2v) is 6.40. The summed E-state index contributed by atoms with van der Waals surface area (Å²) in [7, 11) is 0. The molecule has 0 aliphatic heterocycles. The minimum absolute atomic E-state index is 0.120. The van der Waals surface area contributed by atoms with Crippen LogP contribution >= 0.6 is 11.3 Å². The molecule has 1 aliphatic carbocycles. The van der Waals surface area contributed by atoms with Crippen LogP contribution in [0, 0.1) is 12.7 Å². The predicted octanol–water partition coefficient (Wildman–Crippen LogP) is 3.61. The van der Waals surface area contributed by atoms with E-state index in [1.165, 1.54) is 22.9 Å². The monoisotopic (exact) mass is 289 g/mol. The average Bonchev–Trinajstić information content (AvgIpc) is 2.99. The lowest BCUT2D eigenvalue weighted by Crippen LogP contribution is -2.23. The van der Waals surface area contributed by atoms with Gasteiger partial charge in [-0.25, -0.2) is 4.39 Å². The third-order valence-electron chi connectivity index (χ3n) is 3.59. The van der Waals surface area contributed by atoms with Crippen molar-refractivity contribution in [3.05, 3.63) is 56.5 Å². The molecule has 1 heterocycles. The Morgan fingerprint density at radius 1 is 1.35 bits per heavy atom. The summed E-state index contributed by atoms with van der Waals surface area (Å²) in [5.74, 6) is -0.818. The van der Waals surface area contributed by atoms with E-state index in [9.17, 15) is 9.18 Å². The van der Waals surface area contributed by atoms with Crippen LogP contribution in [-0.2, 0) is 19.4 Å². The lowest BCUT2D eigenvalue weighted by molar-refractivity contribution is 0.0947. The predicted molar refractivity (Wildman–Crippen MR) is 78.7 cm³/mol. The quantitative estimate of drug-likeness (QED) is 0.919. The summed E-state index contributed by atoms with van der Waals surface area (Å²) >= 11 is 1.76. The number of carbonyl (C=O) groups is 1. The fourth-order valence-electron chi connectivity index (χ4n) is 2.55. The number of benzene rings is 1. The van der Waals surface area contributed by atoms with Gasteiger partial charge in [0.2, 0.25) is 0 Å². The molecule has 1 aromatic heterocycles. The van der Waals surface area contributed by atoms with Gasteiger partial charge < -0.3 is 5.32 Å². The van der Waals surface area contributed by atoms with Crippen molar-refractivity contribution in [1.29, 1.82) is 0 Å². The van der Waals surface area contributed by atoms with E-state index in [1.807, 2.05) is 6.92 Å². The van der Waals surface area contributed by atoms with Crippen LogP contribution in [-0.4, -0.2) is 5.91 Å². The first-order chi connectivity index (χ1) is 9.63. The van der Waals surface area contributed by atoms with Gasteiger partial charge in [0, 0.05) is 9.75 Å². The Labute approximate surface area is 121 Å². The van der Waals surface area contributed by atoms with Gasteiger partial charge in [-0.15, -0.1) is 11.3 Å². The van der Waals surface area contributed by atoms with Gasteiger partial charge in [0.05, 0.1) is 12.1 Å². The SMILES string of the molecule is Cc1ccc(F)c(C(=O)NCc2cc3c(s2)CCC3)c1. The highest BCUT2D eigenvalue weighted by Gasteiger charge is 2.16. The minimum Gasteiger partial charge on any atom is -0.347 e. The van der Waals surface area contributed by atoms with Crippen molar-refractivity contribution < 1.29 is 9.18 Å². The minimum atomic E-state index is -0.471. The second kappa shape index (κ2) is 5.37.